The van der Waals surface area contributed by atoms with Crippen LogP contribution in [0.25, 0.3) is 0 Å². The van der Waals surface area contributed by atoms with Gasteiger partial charge >= 0.3 is 0 Å². The van der Waals surface area contributed by atoms with Crippen LogP contribution in [0.4, 0.5) is 0 Å². The molecular formula is C12H18ClN3O3. The number of rotatable bonds is 6. The first-order chi connectivity index (χ1) is 8.67. The third-order valence-electron chi connectivity index (χ3n) is 2.25. The van der Waals surface area contributed by atoms with Crippen LogP contribution in [0.15, 0.2) is 24.3 Å². The summed E-state index contributed by atoms with van der Waals surface area (Å²) in [5.41, 5.74) is 5.64. The lowest BCUT2D eigenvalue weighted by molar-refractivity contribution is -0.119. The van der Waals surface area contributed by atoms with Crippen LogP contribution in [0, 0.1) is 0 Å². The van der Waals surface area contributed by atoms with E-state index in [0.29, 0.717) is 24.4 Å². The van der Waals surface area contributed by atoms with Crippen molar-refractivity contribution >= 4 is 24.2 Å². The van der Waals surface area contributed by atoms with Crippen molar-refractivity contribution in [3.05, 3.63) is 29.8 Å². The Bertz CT molecular complexity index is 426. The highest BCUT2D eigenvalue weighted by molar-refractivity contribution is 5.94. The van der Waals surface area contributed by atoms with E-state index in [9.17, 15) is 9.59 Å². The van der Waals surface area contributed by atoms with Gasteiger partial charge in [-0.05, 0) is 18.2 Å². The quantitative estimate of drug-likeness (QED) is 0.638. The number of halogens is 1. The lowest BCUT2D eigenvalue weighted by Crippen LogP contribution is -2.37. The first kappa shape index (κ1) is 17.2. The Balaban J connectivity index is 0.00000324. The van der Waals surface area contributed by atoms with E-state index in [2.05, 4.69) is 10.6 Å². The molecule has 0 aliphatic carbocycles. The molecule has 0 unspecified atom stereocenters. The molecule has 2 amide bonds. The van der Waals surface area contributed by atoms with E-state index in [-0.39, 0.29) is 30.8 Å². The highest BCUT2D eigenvalue weighted by atomic mass is 35.5. The van der Waals surface area contributed by atoms with E-state index >= 15 is 0 Å². The normalized spacial score (nSPS) is 9.16. The zero-order valence-electron chi connectivity index (χ0n) is 10.6. The fraction of sp³-hybridized carbons (Fsp3) is 0.333. The van der Waals surface area contributed by atoms with Crippen LogP contribution in [0.1, 0.15) is 10.4 Å². The highest BCUT2D eigenvalue weighted by Gasteiger charge is 2.05. The minimum atomic E-state index is -0.245. The maximum Gasteiger partial charge on any atom is 0.251 e. The summed E-state index contributed by atoms with van der Waals surface area (Å²) in [5.74, 6) is 0.167. The average molecular weight is 288 g/mol. The number of benzene rings is 1. The predicted molar refractivity (Wildman–Crippen MR) is 74.6 cm³/mol. The minimum Gasteiger partial charge on any atom is -0.497 e. The minimum absolute atomic E-state index is 0. The maximum atomic E-state index is 11.7. The number of hydrogen-bond donors (Lipinski definition) is 3. The molecule has 0 aliphatic heterocycles. The number of hydrogen-bond acceptors (Lipinski definition) is 4. The molecule has 0 fully saturated rings. The lowest BCUT2D eigenvalue weighted by Gasteiger charge is -2.07. The van der Waals surface area contributed by atoms with Gasteiger partial charge in [-0.15, -0.1) is 12.4 Å². The Morgan fingerprint density at radius 3 is 2.58 bits per heavy atom. The van der Waals surface area contributed by atoms with Gasteiger partial charge in [-0.3, -0.25) is 9.59 Å². The predicted octanol–water partition coefficient (Wildman–Crippen LogP) is -0.0783. The van der Waals surface area contributed by atoms with Crippen molar-refractivity contribution in [3.63, 3.8) is 0 Å². The molecule has 0 heterocycles. The molecule has 6 nitrogen and oxygen atoms in total. The molecule has 0 saturated heterocycles. The van der Waals surface area contributed by atoms with Gasteiger partial charge in [-0.25, -0.2) is 0 Å². The second kappa shape index (κ2) is 9.18. The van der Waals surface area contributed by atoms with E-state index in [1.165, 1.54) is 0 Å². The second-order valence-electron chi connectivity index (χ2n) is 3.54. The van der Waals surface area contributed by atoms with Gasteiger partial charge in [0.15, 0.2) is 0 Å². The summed E-state index contributed by atoms with van der Waals surface area (Å²) >= 11 is 0. The van der Waals surface area contributed by atoms with E-state index in [1.54, 1.807) is 31.4 Å². The van der Waals surface area contributed by atoms with Crippen LogP contribution in [0.3, 0.4) is 0 Å². The van der Waals surface area contributed by atoms with Gasteiger partial charge in [0.05, 0.1) is 13.7 Å². The molecule has 0 radical (unpaired) electrons. The topological polar surface area (TPSA) is 93.5 Å². The molecule has 0 atom stereocenters. The van der Waals surface area contributed by atoms with Crippen LogP contribution in [-0.2, 0) is 4.79 Å². The smallest absolute Gasteiger partial charge is 0.251 e. The van der Waals surface area contributed by atoms with Crippen molar-refractivity contribution in [3.8, 4) is 5.75 Å². The summed E-state index contributed by atoms with van der Waals surface area (Å²) in [6, 6.07) is 6.84. The second-order valence-corrected chi connectivity index (χ2v) is 3.54. The third-order valence-corrected chi connectivity index (χ3v) is 2.25. The van der Waals surface area contributed by atoms with Crippen molar-refractivity contribution in [2.75, 3.05) is 26.7 Å². The van der Waals surface area contributed by atoms with E-state index in [1.807, 2.05) is 0 Å². The highest BCUT2D eigenvalue weighted by Crippen LogP contribution is 2.11. The maximum absolute atomic E-state index is 11.7. The van der Waals surface area contributed by atoms with Crippen molar-refractivity contribution in [1.29, 1.82) is 0 Å². The number of carbonyl (C=O) groups is 2. The monoisotopic (exact) mass is 287 g/mol. The fourth-order valence-corrected chi connectivity index (χ4v) is 1.32. The molecule has 0 bridgehead atoms. The van der Waals surface area contributed by atoms with Gasteiger partial charge in [0.1, 0.15) is 5.75 Å². The standard InChI is InChI=1S/C12H17N3O3.ClH/c1-18-10-4-2-3-9(7-10)12(17)15-6-5-14-11(16)8-13;/h2-4,7H,5-6,8,13H2,1H3,(H,14,16)(H,15,17);1H. The average Bonchev–Trinajstić information content (AvgIpc) is 2.43. The zero-order valence-corrected chi connectivity index (χ0v) is 11.5. The lowest BCUT2D eigenvalue weighted by atomic mass is 10.2. The number of methoxy groups -OCH3 is 1. The largest absolute Gasteiger partial charge is 0.497 e. The Hall–Kier alpha value is -1.79. The molecule has 0 aromatic heterocycles. The Kier molecular flexibility index (Phi) is 8.32. The van der Waals surface area contributed by atoms with E-state index in [0.717, 1.165) is 0 Å². The molecule has 106 valence electrons. The van der Waals surface area contributed by atoms with Crippen molar-refractivity contribution < 1.29 is 14.3 Å². The van der Waals surface area contributed by atoms with Gasteiger partial charge in [-0.2, -0.15) is 0 Å². The summed E-state index contributed by atoms with van der Waals surface area (Å²) in [5, 5.41) is 5.24. The van der Waals surface area contributed by atoms with Gasteiger partial charge in [-0.1, -0.05) is 6.07 Å². The molecular weight excluding hydrogens is 270 g/mol. The van der Waals surface area contributed by atoms with Crippen LogP contribution in [0.2, 0.25) is 0 Å². The van der Waals surface area contributed by atoms with Gasteiger partial charge in [0.2, 0.25) is 5.91 Å². The van der Waals surface area contributed by atoms with Crippen LogP contribution >= 0.6 is 12.4 Å². The molecule has 0 aliphatic rings. The number of nitrogens with one attached hydrogen (secondary N) is 2. The first-order valence-corrected chi connectivity index (χ1v) is 5.56. The van der Waals surface area contributed by atoms with Crippen molar-refractivity contribution in [2.45, 2.75) is 0 Å². The fourth-order valence-electron chi connectivity index (χ4n) is 1.32. The zero-order chi connectivity index (χ0) is 13.4. The molecule has 1 rings (SSSR count). The number of ether oxygens (including phenoxy) is 1. The Morgan fingerprint density at radius 2 is 1.95 bits per heavy atom. The van der Waals surface area contributed by atoms with Gasteiger partial charge in [0.25, 0.3) is 5.91 Å². The summed E-state index contributed by atoms with van der Waals surface area (Å²) in [4.78, 5) is 22.6. The summed E-state index contributed by atoms with van der Waals surface area (Å²) in [6.45, 7) is 0.650. The molecule has 1 aromatic carbocycles. The van der Waals surface area contributed by atoms with Crippen LogP contribution in [-0.4, -0.2) is 38.6 Å². The molecule has 4 N–H and O–H groups in total. The summed E-state index contributed by atoms with van der Waals surface area (Å²) < 4.78 is 5.03. The molecule has 7 heteroatoms. The number of nitrogens with two attached hydrogens (primary N) is 1. The molecule has 0 saturated carbocycles. The molecule has 0 spiro atoms. The van der Waals surface area contributed by atoms with Crippen molar-refractivity contribution in [1.82, 2.24) is 10.6 Å². The van der Waals surface area contributed by atoms with Gasteiger partial charge in [0, 0.05) is 18.7 Å². The van der Waals surface area contributed by atoms with E-state index in [4.69, 9.17) is 10.5 Å². The van der Waals surface area contributed by atoms with Crippen molar-refractivity contribution in [2.24, 2.45) is 5.73 Å². The van der Waals surface area contributed by atoms with Gasteiger partial charge < -0.3 is 21.1 Å². The molecule has 1 aromatic rings. The summed E-state index contributed by atoms with van der Waals surface area (Å²) in [6.07, 6.45) is 0. The number of carbonyl (C=O) groups excluding carboxylic acids is 2. The Morgan fingerprint density at radius 1 is 1.26 bits per heavy atom. The van der Waals surface area contributed by atoms with Crippen LogP contribution in [0.5, 0.6) is 5.75 Å². The molecule has 19 heavy (non-hydrogen) atoms. The first-order valence-electron chi connectivity index (χ1n) is 5.56. The number of amides is 2. The Labute approximate surface area is 118 Å². The summed E-state index contributed by atoms with van der Waals surface area (Å²) in [7, 11) is 1.54. The SMILES string of the molecule is COc1cccc(C(=O)NCCNC(=O)CN)c1.Cl. The van der Waals surface area contributed by atoms with Crippen LogP contribution < -0.4 is 21.1 Å². The third kappa shape index (κ3) is 6.08. The van der Waals surface area contributed by atoms with E-state index < -0.39 is 0 Å².